The van der Waals surface area contributed by atoms with Gasteiger partial charge < -0.3 is 35.2 Å². The molecular formula is C10H14ClN4O13P3. The van der Waals surface area contributed by atoms with Gasteiger partial charge in [-0.25, -0.2) is 18.5 Å². The van der Waals surface area contributed by atoms with Crippen molar-refractivity contribution in [2.45, 2.75) is 23.3 Å². The van der Waals surface area contributed by atoms with E-state index < -0.39 is 59.1 Å². The molecule has 1 aromatic heterocycles. The van der Waals surface area contributed by atoms with E-state index in [1.54, 1.807) is 0 Å². The van der Waals surface area contributed by atoms with Gasteiger partial charge >= 0.3 is 29.2 Å². The van der Waals surface area contributed by atoms with Crippen LogP contribution in [0.2, 0.25) is 0 Å². The Hall–Kier alpha value is -1.21. The second kappa shape index (κ2) is 8.97. The number of nitrogens with two attached hydrogens (primary N) is 1. The highest BCUT2D eigenvalue weighted by Gasteiger charge is 2.57. The molecule has 2 unspecified atom stereocenters. The molecule has 0 aromatic carbocycles. The highest BCUT2D eigenvalue weighted by atomic mass is 35.5. The molecule has 0 spiro atoms. The number of aliphatic hydroxyl groups is 1. The number of ether oxygens (including phenoxy) is 1. The van der Waals surface area contributed by atoms with Crippen LogP contribution >= 0.6 is 35.1 Å². The first-order valence-electron chi connectivity index (χ1n) is 7.55. The Morgan fingerprint density at radius 3 is 2.42 bits per heavy atom. The fourth-order valence-corrected chi connectivity index (χ4v) is 5.74. The average molecular weight is 527 g/mol. The number of aliphatic hydroxyl groups excluding tert-OH is 1. The lowest BCUT2D eigenvalue weighted by molar-refractivity contribution is -0.0907. The molecule has 0 radical (unpaired) electrons. The molecule has 1 fully saturated rings. The van der Waals surface area contributed by atoms with E-state index in [9.17, 15) is 33.8 Å². The summed E-state index contributed by atoms with van der Waals surface area (Å²) >= 11 is 6.01. The van der Waals surface area contributed by atoms with E-state index in [1.165, 1.54) is 12.1 Å². The lowest BCUT2D eigenvalue weighted by Crippen LogP contribution is -2.44. The predicted octanol–water partition coefficient (Wildman–Crippen LogP) is -1.07. The fourth-order valence-electron chi connectivity index (χ4n) is 2.32. The molecule has 174 valence electrons. The number of phosphoric ester groups is 1. The zero-order valence-corrected chi connectivity index (χ0v) is 18.2. The maximum absolute atomic E-state index is 12.0. The minimum atomic E-state index is -5.81. The van der Waals surface area contributed by atoms with Crippen LogP contribution in [0.25, 0.3) is 0 Å². The van der Waals surface area contributed by atoms with Gasteiger partial charge in [-0.1, -0.05) is 0 Å². The van der Waals surface area contributed by atoms with Crippen LogP contribution < -0.4 is 11.4 Å². The first kappa shape index (κ1) is 26.0. The summed E-state index contributed by atoms with van der Waals surface area (Å²) in [4.78, 5) is 51.0. The Kier molecular flexibility index (Phi) is 7.54. The van der Waals surface area contributed by atoms with Gasteiger partial charge in [-0.05, 0) is 6.07 Å². The molecule has 0 aliphatic carbocycles. The van der Waals surface area contributed by atoms with E-state index in [0.717, 1.165) is 10.8 Å². The molecule has 0 saturated carbocycles. The number of nitrogens with zero attached hydrogens (tertiary/aromatic N) is 3. The van der Waals surface area contributed by atoms with Crippen molar-refractivity contribution in [2.75, 3.05) is 12.3 Å². The zero-order chi connectivity index (χ0) is 23.8. The summed E-state index contributed by atoms with van der Waals surface area (Å²) in [5.41, 5.74) is 1.89. The number of hydrogen-bond acceptors (Lipinski definition) is 12. The molecule has 0 bridgehead atoms. The molecule has 17 nitrogen and oxygen atoms in total. The number of halogens is 1. The van der Waals surface area contributed by atoms with E-state index in [4.69, 9.17) is 36.8 Å². The van der Waals surface area contributed by atoms with Crippen LogP contribution in [0.5, 0.6) is 0 Å². The number of alkyl halides is 1. The number of hydrogen-bond donors (Lipinski definition) is 6. The molecule has 2 heterocycles. The molecule has 2 rings (SSSR count). The third-order valence-electron chi connectivity index (χ3n) is 3.56. The fraction of sp³-hybridized carbons (Fsp3) is 0.500. The summed E-state index contributed by atoms with van der Waals surface area (Å²) in [5, 5.41) is 18.2. The van der Waals surface area contributed by atoms with Crippen molar-refractivity contribution in [1.82, 2.24) is 9.55 Å². The second-order valence-electron chi connectivity index (χ2n) is 5.81. The van der Waals surface area contributed by atoms with Crippen molar-refractivity contribution in [3.05, 3.63) is 22.7 Å². The van der Waals surface area contributed by atoms with Gasteiger partial charge in [-0.3, -0.25) is 9.09 Å². The van der Waals surface area contributed by atoms with Gasteiger partial charge in [0.1, 0.15) is 30.0 Å². The Labute approximate surface area is 177 Å². The van der Waals surface area contributed by atoms with Crippen molar-refractivity contribution < 1.29 is 56.3 Å². The Balaban J connectivity index is 2.21. The lowest BCUT2D eigenvalue weighted by Gasteiger charge is -2.25. The monoisotopic (exact) mass is 526 g/mol. The van der Waals surface area contributed by atoms with Crippen LogP contribution in [0.15, 0.2) is 17.1 Å². The van der Waals surface area contributed by atoms with Gasteiger partial charge in [-0.2, -0.15) is 18.9 Å². The van der Waals surface area contributed by atoms with E-state index >= 15 is 0 Å². The van der Waals surface area contributed by atoms with Gasteiger partial charge in [0, 0.05) is 6.20 Å². The van der Waals surface area contributed by atoms with Crippen molar-refractivity contribution in [3.8, 4) is 6.07 Å². The highest BCUT2D eigenvalue weighted by molar-refractivity contribution is 7.66. The van der Waals surface area contributed by atoms with Crippen molar-refractivity contribution >= 4 is 40.9 Å². The molecule has 0 amide bonds. The second-order valence-corrected chi connectivity index (χ2v) is 10.7. The standard InChI is InChI=1S/C10H14ClN4O13P3/c11-6-7(16)10(3-12,26-8(6)15-2-1-5(13)14-9(15)17)4-25-30(21,22)28-31(23,24)27-29(18,19)20/h1-2,6-8,16H,4H2,(H,21,22)(H,23,24)(H2,13,14,17)(H2,18,19,20)/t6-,7+,8-,10-/m1/s1. The molecule has 1 aliphatic heterocycles. The van der Waals surface area contributed by atoms with E-state index in [-0.39, 0.29) is 5.82 Å². The summed E-state index contributed by atoms with van der Waals surface area (Å²) < 4.78 is 51.2. The summed E-state index contributed by atoms with van der Waals surface area (Å²) in [6.45, 7) is -1.31. The van der Waals surface area contributed by atoms with Gasteiger partial charge in [0.05, 0.1) is 0 Å². The number of rotatable bonds is 8. The van der Waals surface area contributed by atoms with Crippen LogP contribution in [-0.2, 0) is 31.6 Å². The van der Waals surface area contributed by atoms with Crippen molar-refractivity contribution in [2.24, 2.45) is 0 Å². The third-order valence-corrected chi connectivity index (χ3v) is 7.79. The minimum absolute atomic E-state index is 0.148. The predicted molar refractivity (Wildman–Crippen MR) is 96.8 cm³/mol. The van der Waals surface area contributed by atoms with Gasteiger partial charge in [-0.15, -0.1) is 11.6 Å². The molecule has 21 heteroatoms. The molecule has 1 aliphatic rings. The molecule has 1 saturated heterocycles. The zero-order valence-electron chi connectivity index (χ0n) is 14.7. The van der Waals surface area contributed by atoms with Crippen LogP contribution in [0.4, 0.5) is 5.82 Å². The van der Waals surface area contributed by atoms with Gasteiger partial charge in [0.2, 0.25) is 5.60 Å². The number of nitrogen functional groups attached to an aromatic ring is 1. The SMILES string of the molecule is N#C[C@]1(COP(=O)(O)OP(=O)(O)OP(=O)(O)O)O[C@@H](n2ccc(N)nc2=O)[C@H](Cl)[C@@H]1O. The largest absolute Gasteiger partial charge is 0.490 e. The topological polar surface area (TPSA) is 274 Å². The van der Waals surface area contributed by atoms with Gasteiger partial charge in [0.15, 0.2) is 6.23 Å². The van der Waals surface area contributed by atoms with Crippen LogP contribution in [0.1, 0.15) is 6.23 Å². The summed E-state index contributed by atoms with van der Waals surface area (Å²) in [7, 11) is -17.0. The average Bonchev–Trinajstić information content (AvgIpc) is 2.82. The third kappa shape index (κ3) is 6.41. The van der Waals surface area contributed by atoms with Gasteiger partial charge in [0.25, 0.3) is 0 Å². The molecule has 6 atom stereocenters. The Morgan fingerprint density at radius 1 is 1.29 bits per heavy atom. The smallest absolute Gasteiger partial charge is 0.387 e. The quantitative estimate of drug-likeness (QED) is 0.174. The van der Waals surface area contributed by atoms with Crippen LogP contribution in [0.3, 0.4) is 0 Å². The molecule has 1 aromatic rings. The normalized spacial score (nSPS) is 30.3. The maximum Gasteiger partial charge on any atom is 0.490 e. The van der Waals surface area contributed by atoms with Crippen molar-refractivity contribution in [3.63, 3.8) is 0 Å². The van der Waals surface area contributed by atoms with E-state index in [0.29, 0.717) is 0 Å². The summed E-state index contributed by atoms with van der Waals surface area (Å²) in [5.74, 6) is -0.148. The van der Waals surface area contributed by atoms with Crippen LogP contribution in [-0.4, -0.2) is 57.9 Å². The molecule has 7 N–H and O–H groups in total. The molecule has 31 heavy (non-hydrogen) atoms. The highest BCUT2D eigenvalue weighted by Crippen LogP contribution is 2.66. The Bertz CT molecular complexity index is 1090. The number of anilines is 1. The number of phosphoric acid groups is 3. The summed E-state index contributed by atoms with van der Waals surface area (Å²) in [6, 6.07) is 2.62. The number of aromatic nitrogens is 2. The van der Waals surface area contributed by atoms with E-state index in [1.807, 2.05) is 0 Å². The first-order chi connectivity index (χ1) is 14.0. The minimum Gasteiger partial charge on any atom is -0.387 e. The van der Waals surface area contributed by atoms with E-state index in [2.05, 4.69) is 18.1 Å². The Morgan fingerprint density at radius 2 is 1.90 bits per heavy atom. The van der Waals surface area contributed by atoms with Crippen LogP contribution in [0, 0.1) is 11.3 Å². The summed E-state index contributed by atoms with van der Waals surface area (Å²) in [6.07, 6.45) is -2.38. The lowest BCUT2D eigenvalue weighted by atomic mass is 9.99. The van der Waals surface area contributed by atoms with Crippen molar-refractivity contribution in [1.29, 1.82) is 5.26 Å². The molecular weight excluding hydrogens is 513 g/mol. The maximum atomic E-state index is 12.0. The number of nitriles is 1. The first-order valence-corrected chi connectivity index (χ1v) is 12.5.